The number of nitrogens with zero attached hydrogens (tertiary/aromatic N) is 4. The Morgan fingerprint density at radius 1 is 1.24 bits per heavy atom. The van der Waals surface area contributed by atoms with Gasteiger partial charge in [-0.1, -0.05) is 18.2 Å². The third-order valence-corrected chi connectivity index (χ3v) is 4.98. The second kappa shape index (κ2) is 6.02. The van der Waals surface area contributed by atoms with Gasteiger partial charge in [0.25, 0.3) is 5.91 Å². The average Bonchev–Trinajstić information content (AvgIpc) is 3.14. The number of aryl methyl sites for hydroxylation is 3. The summed E-state index contributed by atoms with van der Waals surface area (Å²) in [5.41, 5.74) is 1.68. The number of benzene rings is 1. The van der Waals surface area contributed by atoms with Crippen molar-refractivity contribution in [2.75, 3.05) is 13.1 Å². The van der Waals surface area contributed by atoms with E-state index in [-0.39, 0.29) is 11.9 Å². The molecule has 0 aliphatic carbocycles. The molecule has 1 amide bonds. The van der Waals surface area contributed by atoms with E-state index in [4.69, 9.17) is 4.42 Å². The molecule has 0 radical (unpaired) electrons. The molecule has 25 heavy (non-hydrogen) atoms. The maximum Gasteiger partial charge on any atom is 0.289 e. The largest absolute Gasteiger partial charge is 0.451 e. The fraction of sp³-hybridized carbons (Fsp3) is 0.421. The maximum atomic E-state index is 13.0. The smallest absolute Gasteiger partial charge is 0.289 e. The first-order valence-electron chi connectivity index (χ1n) is 8.71. The zero-order valence-corrected chi connectivity index (χ0v) is 14.8. The van der Waals surface area contributed by atoms with Crippen molar-refractivity contribution in [3.05, 3.63) is 47.2 Å². The number of hydrogen-bond acceptors (Lipinski definition) is 4. The first kappa shape index (κ1) is 15.9. The van der Waals surface area contributed by atoms with Gasteiger partial charge in [0, 0.05) is 24.0 Å². The number of fused-ring (bicyclic) bond motifs is 1. The van der Waals surface area contributed by atoms with Gasteiger partial charge >= 0.3 is 0 Å². The fourth-order valence-electron chi connectivity index (χ4n) is 3.74. The van der Waals surface area contributed by atoms with E-state index in [1.54, 1.807) is 0 Å². The molecule has 0 bridgehead atoms. The van der Waals surface area contributed by atoms with Gasteiger partial charge < -0.3 is 9.32 Å². The summed E-state index contributed by atoms with van der Waals surface area (Å²) in [7, 11) is 0. The first-order chi connectivity index (χ1) is 12.0. The molecule has 1 fully saturated rings. The van der Waals surface area contributed by atoms with Crippen LogP contribution in [-0.4, -0.2) is 38.7 Å². The monoisotopic (exact) mass is 338 g/mol. The normalized spacial score (nSPS) is 18.0. The summed E-state index contributed by atoms with van der Waals surface area (Å²) in [5.74, 6) is 2.09. The highest BCUT2D eigenvalue weighted by atomic mass is 16.3. The van der Waals surface area contributed by atoms with Gasteiger partial charge in [-0.15, -0.1) is 0 Å². The van der Waals surface area contributed by atoms with Crippen LogP contribution in [0.5, 0.6) is 0 Å². The lowest BCUT2D eigenvalue weighted by molar-refractivity contribution is 0.0640. The van der Waals surface area contributed by atoms with Crippen LogP contribution < -0.4 is 0 Å². The molecule has 0 saturated carbocycles. The summed E-state index contributed by atoms with van der Waals surface area (Å²) in [4.78, 5) is 19.3. The highest BCUT2D eigenvalue weighted by Gasteiger charge is 2.30. The summed E-state index contributed by atoms with van der Waals surface area (Å²) in [5, 5.41) is 5.50. The van der Waals surface area contributed by atoms with Crippen LogP contribution >= 0.6 is 0 Å². The molecular weight excluding hydrogens is 316 g/mol. The number of amides is 1. The topological polar surface area (TPSA) is 64.2 Å². The lowest BCUT2D eigenvalue weighted by Crippen LogP contribution is -2.41. The van der Waals surface area contributed by atoms with Gasteiger partial charge in [0.15, 0.2) is 5.76 Å². The van der Waals surface area contributed by atoms with E-state index in [1.165, 1.54) is 0 Å². The Morgan fingerprint density at radius 2 is 2.04 bits per heavy atom. The molecular formula is C19H22N4O2. The van der Waals surface area contributed by atoms with Crippen molar-refractivity contribution >= 4 is 16.9 Å². The molecule has 6 nitrogen and oxygen atoms in total. The third-order valence-electron chi connectivity index (χ3n) is 4.98. The molecule has 0 spiro atoms. The predicted octanol–water partition coefficient (Wildman–Crippen LogP) is 3.43. The number of carbonyl (C=O) groups is 1. The number of furan rings is 1. The van der Waals surface area contributed by atoms with Crippen LogP contribution in [0.3, 0.4) is 0 Å². The molecule has 1 aliphatic heterocycles. The zero-order valence-electron chi connectivity index (χ0n) is 14.8. The summed E-state index contributed by atoms with van der Waals surface area (Å²) >= 11 is 0. The molecule has 0 unspecified atom stereocenters. The van der Waals surface area contributed by atoms with Gasteiger partial charge in [-0.2, -0.15) is 5.10 Å². The summed E-state index contributed by atoms with van der Waals surface area (Å²) in [6.07, 6.45) is 1.96. The van der Waals surface area contributed by atoms with Crippen LogP contribution in [-0.2, 0) is 0 Å². The predicted molar refractivity (Wildman–Crippen MR) is 94.6 cm³/mol. The molecule has 4 rings (SSSR count). The minimum Gasteiger partial charge on any atom is -0.451 e. The van der Waals surface area contributed by atoms with E-state index in [0.29, 0.717) is 12.3 Å². The molecule has 3 heterocycles. The second-order valence-electron chi connectivity index (χ2n) is 6.75. The molecule has 1 aliphatic rings. The molecule has 1 aromatic carbocycles. The number of aromatic nitrogens is 3. The summed E-state index contributed by atoms with van der Waals surface area (Å²) < 4.78 is 7.82. The average molecular weight is 338 g/mol. The molecule has 1 atom stereocenters. The summed E-state index contributed by atoms with van der Waals surface area (Å²) in [6, 6.07) is 7.95. The van der Waals surface area contributed by atoms with Gasteiger partial charge in [-0.25, -0.2) is 9.67 Å². The Morgan fingerprint density at radius 3 is 2.76 bits per heavy atom. The van der Waals surface area contributed by atoms with Gasteiger partial charge in [-0.3, -0.25) is 4.79 Å². The van der Waals surface area contributed by atoms with Crippen LogP contribution in [0.1, 0.15) is 46.7 Å². The van der Waals surface area contributed by atoms with Crippen LogP contribution in [0, 0.1) is 20.8 Å². The molecule has 130 valence electrons. The molecule has 1 saturated heterocycles. The van der Waals surface area contributed by atoms with Crippen molar-refractivity contribution < 1.29 is 9.21 Å². The van der Waals surface area contributed by atoms with Crippen LogP contribution in [0.4, 0.5) is 0 Å². The van der Waals surface area contributed by atoms with E-state index < -0.39 is 0 Å². The number of hydrogen-bond donors (Lipinski definition) is 0. The minimum absolute atomic E-state index is 0.0344. The Bertz CT molecular complexity index is 940. The van der Waals surface area contributed by atoms with Gasteiger partial charge in [0.2, 0.25) is 0 Å². The maximum absolute atomic E-state index is 13.0. The van der Waals surface area contributed by atoms with Gasteiger partial charge in [0.05, 0.1) is 6.04 Å². The Kier molecular flexibility index (Phi) is 3.82. The highest BCUT2D eigenvalue weighted by Crippen LogP contribution is 2.28. The Labute approximate surface area is 146 Å². The standard InChI is InChI=1S/C19H22N4O2/c1-12-16-8-4-5-9-17(16)25-18(12)19(24)22-10-6-7-15(11-22)23-14(3)20-13(2)21-23/h4-5,8-9,15H,6-7,10-11H2,1-3H3/t15-/m0/s1. The third kappa shape index (κ3) is 2.71. The molecule has 3 aromatic rings. The molecule has 2 aromatic heterocycles. The van der Waals surface area contributed by atoms with E-state index >= 15 is 0 Å². The lowest BCUT2D eigenvalue weighted by Gasteiger charge is -2.32. The van der Waals surface area contributed by atoms with Crippen molar-refractivity contribution in [2.45, 2.75) is 39.7 Å². The SMILES string of the molecule is Cc1nc(C)n([C@H]2CCCN(C(=O)c3oc4ccccc4c3C)C2)n1. The van der Waals surface area contributed by atoms with Crippen molar-refractivity contribution in [3.63, 3.8) is 0 Å². The van der Waals surface area contributed by atoms with E-state index in [9.17, 15) is 4.79 Å². The van der Waals surface area contributed by atoms with E-state index in [0.717, 1.165) is 47.6 Å². The van der Waals surface area contributed by atoms with E-state index in [2.05, 4.69) is 10.1 Å². The van der Waals surface area contributed by atoms with Crippen LogP contribution in [0.25, 0.3) is 11.0 Å². The second-order valence-corrected chi connectivity index (χ2v) is 6.75. The van der Waals surface area contributed by atoms with Crippen molar-refractivity contribution in [3.8, 4) is 0 Å². The number of likely N-dealkylation sites (tertiary alicyclic amines) is 1. The van der Waals surface area contributed by atoms with Crippen LogP contribution in [0.15, 0.2) is 28.7 Å². The van der Waals surface area contributed by atoms with Gasteiger partial charge in [-0.05, 0) is 39.7 Å². The fourth-order valence-corrected chi connectivity index (χ4v) is 3.74. The quantitative estimate of drug-likeness (QED) is 0.718. The van der Waals surface area contributed by atoms with Crippen molar-refractivity contribution in [2.24, 2.45) is 0 Å². The highest BCUT2D eigenvalue weighted by molar-refractivity contribution is 5.98. The minimum atomic E-state index is -0.0344. The molecule has 0 N–H and O–H groups in total. The Hall–Kier alpha value is -2.63. The van der Waals surface area contributed by atoms with Gasteiger partial charge in [0.1, 0.15) is 17.2 Å². The summed E-state index contributed by atoms with van der Waals surface area (Å²) in [6.45, 7) is 7.19. The van der Waals surface area contributed by atoms with E-state index in [1.807, 2.05) is 54.6 Å². The number of para-hydroxylation sites is 1. The first-order valence-corrected chi connectivity index (χ1v) is 8.71. The van der Waals surface area contributed by atoms with Crippen LogP contribution in [0.2, 0.25) is 0 Å². The lowest BCUT2D eigenvalue weighted by atomic mass is 10.0. The van der Waals surface area contributed by atoms with Crippen molar-refractivity contribution in [1.29, 1.82) is 0 Å². The number of piperidine rings is 1. The van der Waals surface area contributed by atoms with Crippen molar-refractivity contribution in [1.82, 2.24) is 19.7 Å². The number of rotatable bonds is 2. The zero-order chi connectivity index (χ0) is 17.6. The Balaban J connectivity index is 1.61. The number of carbonyl (C=O) groups excluding carboxylic acids is 1. The molecule has 6 heteroatoms.